The normalized spacial score (nSPS) is 9.88. The Kier molecular flexibility index (Phi) is 10.5. The molecule has 9 heteroatoms. The number of thioether (sulfide) groups is 1. The van der Waals surface area contributed by atoms with E-state index in [0.29, 0.717) is 5.75 Å². The first kappa shape index (κ1) is 21.5. The van der Waals surface area contributed by atoms with Gasteiger partial charge in [0.1, 0.15) is 0 Å². The van der Waals surface area contributed by atoms with E-state index in [9.17, 15) is 19.2 Å². The highest BCUT2D eigenvalue weighted by molar-refractivity contribution is 7.99. The third-order valence-electron chi connectivity index (χ3n) is 2.98. The van der Waals surface area contributed by atoms with Crippen molar-refractivity contribution in [2.45, 2.75) is 12.7 Å². The maximum atomic E-state index is 11.7. The van der Waals surface area contributed by atoms with Gasteiger partial charge >= 0.3 is 11.9 Å². The molecule has 26 heavy (non-hydrogen) atoms. The molecule has 0 spiro atoms. The van der Waals surface area contributed by atoms with Crippen LogP contribution in [0.15, 0.2) is 30.3 Å². The smallest absolute Gasteiger partial charge is 0.396 e. The number of benzene rings is 1. The zero-order valence-electron chi connectivity index (χ0n) is 14.6. The number of hydrogen-bond donors (Lipinski definition) is 3. The summed E-state index contributed by atoms with van der Waals surface area (Å²) >= 11 is 1.51. The molecule has 0 atom stereocenters. The van der Waals surface area contributed by atoms with E-state index >= 15 is 0 Å². The Labute approximate surface area is 156 Å². The molecule has 0 saturated carbocycles. The largest absolute Gasteiger partial charge is 0.459 e. The molecule has 3 N–H and O–H groups in total. The summed E-state index contributed by atoms with van der Waals surface area (Å²) in [5.74, 6) is -1.48. The van der Waals surface area contributed by atoms with Gasteiger partial charge in [-0.2, -0.15) is 0 Å². The van der Waals surface area contributed by atoms with Crippen molar-refractivity contribution in [3.8, 4) is 0 Å². The van der Waals surface area contributed by atoms with Crippen LogP contribution in [0.25, 0.3) is 0 Å². The van der Waals surface area contributed by atoms with Crippen LogP contribution >= 0.6 is 11.8 Å². The van der Waals surface area contributed by atoms with Crippen LogP contribution in [0.3, 0.4) is 0 Å². The Morgan fingerprint density at radius 2 is 1.62 bits per heavy atom. The van der Waals surface area contributed by atoms with Gasteiger partial charge < -0.3 is 20.7 Å². The van der Waals surface area contributed by atoms with Crippen LogP contribution in [-0.4, -0.2) is 55.7 Å². The van der Waals surface area contributed by atoms with Gasteiger partial charge in [0.2, 0.25) is 11.8 Å². The predicted molar refractivity (Wildman–Crippen MR) is 98.3 cm³/mol. The molecule has 0 aliphatic rings. The summed E-state index contributed by atoms with van der Waals surface area (Å²) in [6, 6.07) is 9.85. The quantitative estimate of drug-likeness (QED) is 0.295. The van der Waals surface area contributed by atoms with Gasteiger partial charge in [-0.15, -0.1) is 11.8 Å². The number of esters is 1. The second-order valence-electron chi connectivity index (χ2n) is 5.08. The molecule has 0 bridgehead atoms. The monoisotopic (exact) mass is 381 g/mol. The molecular weight excluding hydrogens is 358 g/mol. The Morgan fingerprint density at radius 3 is 2.27 bits per heavy atom. The van der Waals surface area contributed by atoms with E-state index < -0.39 is 17.8 Å². The molecule has 1 aromatic rings. The highest BCUT2D eigenvalue weighted by Gasteiger charge is 2.15. The van der Waals surface area contributed by atoms with Crippen molar-refractivity contribution in [3.05, 3.63) is 35.9 Å². The fourth-order valence-electron chi connectivity index (χ4n) is 1.78. The van der Waals surface area contributed by atoms with Crippen LogP contribution in [0.4, 0.5) is 0 Å². The van der Waals surface area contributed by atoms with E-state index in [1.807, 2.05) is 30.3 Å². The molecule has 0 fully saturated rings. The first-order chi connectivity index (χ1) is 12.5. The van der Waals surface area contributed by atoms with Gasteiger partial charge in [0.25, 0.3) is 0 Å². The van der Waals surface area contributed by atoms with Crippen molar-refractivity contribution >= 4 is 35.5 Å². The van der Waals surface area contributed by atoms with Gasteiger partial charge in [-0.25, -0.2) is 4.79 Å². The van der Waals surface area contributed by atoms with Gasteiger partial charge in [-0.05, 0) is 12.5 Å². The SMILES string of the molecule is CCOC(=O)C(=O)NCC(=O)NCCNC(=O)CSCc1ccccc1. The predicted octanol–water partition coefficient (Wildman–Crippen LogP) is -0.168. The zero-order valence-corrected chi connectivity index (χ0v) is 15.4. The molecule has 8 nitrogen and oxygen atoms in total. The lowest BCUT2D eigenvalue weighted by Gasteiger charge is -2.08. The summed E-state index contributed by atoms with van der Waals surface area (Å²) in [4.78, 5) is 45.5. The third-order valence-corrected chi connectivity index (χ3v) is 3.99. The molecule has 1 aromatic carbocycles. The van der Waals surface area contributed by atoms with Crippen LogP contribution in [-0.2, 0) is 29.7 Å². The average molecular weight is 381 g/mol. The van der Waals surface area contributed by atoms with Gasteiger partial charge in [0.15, 0.2) is 0 Å². The van der Waals surface area contributed by atoms with E-state index in [0.717, 1.165) is 11.3 Å². The molecular formula is C17H23N3O5S. The summed E-state index contributed by atoms with van der Waals surface area (Å²) in [6.07, 6.45) is 0. The lowest BCUT2D eigenvalue weighted by Crippen LogP contribution is -2.42. The van der Waals surface area contributed by atoms with Crippen molar-refractivity contribution in [1.29, 1.82) is 0 Å². The number of ether oxygens (including phenoxy) is 1. The van der Waals surface area contributed by atoms with Crippen molar-refractivity contribution < 1.29 is 23.9 Å². The first-order valence-corrected chi connectivity index (χ1v) is 9.28. The van der Waals surface area contributed by atoms with Crippen LogP contribution < -0.4 is 16.0 Å². The van der Waals surface area contributed by atoms with Crippen molar-refractivity contribution in [1.82, 2.24) is 16.0 Å². The minimum absolute atomic E-state index is 0.0851. The minimum Gasteiger partial charge on any atom is -0.459 e. The standard InChI is InChI=1S/C17H23N3O5S/c1-2-25-17(24)16(23)20-10-14(21)18-8-9-19-15(22)12-26-11-13-6-4-3-5-7-13/h3-7H,2,8-12H2,1H3,(H,18,21)(H,19,22)(H,20,23). The fraction of sp³-hybridized carbons (Fsp3) is 0.412. The van der Waals surface area contributed by atoms with Crippen LogP contribution in [0.5, 0.6) is 0 Å². The van der Waals surface area contributed by atoms with E-state index in [1.165, 1.54) is 11.8 Å². The zero-order chi connectivity index (χ0) is 19.2. The number of rotatable bonds is 10. The Balaban J connectivity index is 2.04. The number of hydrogen-bond acceptors (Lipinski definition) is 6. The van der Waals surface area contributed by atoms with Crippen molar-refractivity contribution in [2.75, 3.05) is 32.0 Å². The van der Waals surface area contributed by atoms with E-state index in [2.05, 4.69) is 20.7 Å². The molecule has 0 aliphatic carbocycles. The Morgan fingerprint density at radius 1 is 0.962 bits per heavy atom. The molecule has 0 aliphatic heterocycles. The lowest BCUT2D eigenvalue weighted by molar-refractivity contribution is -0.154. The van der Waals surface area contributed by atoms with E-state index in [1.54, 1.807) is 6.92 Å². The molecule has 0 heterocycles. The minimum atomic E-state index is -1.03. The number of carbonyl (C=O) groups is 4. The molecule has 3 amide bonds. The molecule has 0 radical (unpaired) electrons. The molecule has 0 saturated heterocycles. The van der Waals surface area contributed by atoms with Crippen molar-refractivity contribution in [3.63, 3.8) is 0 Å². The van der Waals surface area contributed by atoms with Gasteiger partial charge in [0, 0.05) is 18.8 Å². The van der Waals surface area contributed by atoms with Crippen molar-refractivity contribution in [2.24, 2.45) is 0 Å². The first-order valence-electron chi connectivity index (χ1n) is 8.13. The molecule has 0 unspecified atom stereocenters. The Hall–Kier alpha value is -2.55. The highest BCUT2D eigenvalue weighted by Crippen LogP contribution is 2.10. The Bertz CT molecular complexity index is 610. The molecule has 142 valence electrons. The van der Waals surface area contributed by atoms with Crippen LogP contribution in [0.1, 0.15) is 12.5 Å². The summed E-state index contributed by atoms with van der Waals surface area (Å²) in [7, 11) is 0. The lowest BCUT2D eigenvalue weighted by atomic mass is 10.2. The summed E-state index contributed by atoms with van der Waals surface area (Å²) in [5.41, 5.74) is 1.16. The summed E-state index contributed by atoms with van der Waals surface area (Å²) in [5, 5.41) is 7.35. The maximum absolute atomic E-state index is 11.7. The van der Waals surface area contributed by atoms with E-state index in [4.69, 9.17) is 0 Å². The summed E-state index contributed by atoms with van der Waals surface area (Å²) in [6.45, 7) is 1.83. The highest BCUT2D eigenvalue weighted by atomic mass is 32.2. The summed E-state index contributed by atoms with van der Waals surface area (Å²) < 4.78 is 4.49. The second-order valence-corrected chi connectivity index (χ2v) is 6.07. The van der Waals surface area contributed by atoms with Gasteiger partial charge in [0.05, 0.1) is 18.9 Å². The maximum Gasteiger partial charge on any atom is 0.396 e. The van der Waals surface area contributed by atoms with Crippen LogP contribution in [0.2, 0.25) is 0 Å². The van der Waals surface area contributed by atoms with Crippen LogP contribution in [0, 0.1) is 0 Å². The number of amides is 3. The average Bonchev–Trinajstić information content (AvgIpc) is 2.64. The second kappa shape index (κ2) is 12.8. The molecule has 0 aromatic heterocycles. The van der Waals surface area contributed by atoms with Gasteiger partial charge in [-0.3, -0.25) is 14.4 Å². The number of nitrogens with one attached hydrogen (secondary N) is 3. The molecule has 1 rings (SSSR count). The fourth-order valence-corrected chi connectivity index (χ4v) is 2.60. The van der Waals surface area contributed by atoms with Gasteiger partial charge in [-0.1, -0.05) is 30.3 Å². The van der Waals surface area contributed by atoms with E-state index in [-0.39, 0.29) is 32.1 Å². The number of carbonyl (C=O) groups excluding carboxylic acids is 4. The third kappa shape index (κ3) is 9.67. The topological polar surface area (TPSA) is 114 Å².